The molecule has 0 fully saturated rings. The minimum absolute atomic E-state index is 0.176. The molecule has 0 amide bonds. The van der Waals surface area contributed by atoms with Crippen molar-refractivity contribution in [2.45, 2.75) is 19.8 Å². The van der Waals surface area contributed by atoms with Gasteiger partial charge < -0.3 is 15.2 Å². The van der Waals surface area contributed by atoms with Crippen LogP contribution in [0.3, 0.4) is 0 Å². The zero-order chi connectivity index (χ0) is 11.6. The van der Waals surface area contributed by atoms with Gasteiger partial charge in [0.1, 0.15) is 11.6 Å². The predicted molar refractivity (Wildman–Crippen MR) is 50.5 cm³/mol. The lowest BCUT2D eigenvalue weighted by molar-refractivity contribution is -0.389. The van der Waals surface area contributed by atoms with Gasteiger partial charge in [0.2, 0.25) is 0 Å². The smallest absolute Gasteiger partial charge is 0.342 e. The molecule has 0 spiro atoms. The monoisotopic (exact) mass is 213 g/mol. The Hall–Kier alpha value is -1.92. The van der Waals surface area contributed by atoms with Crippen LogP contribution in [0.5, 0.6) is 0 Å². The Morgan fingerprint density at radius 1 is 1.67 bits per heavy atom. The van der Waals surface area contributed by atoms with E-state index in [4.69, 9.17) is 5.11 Å². The Morgan fingerprint density at radius 2 is 2.27 bits per heavy atom. The molecular weight excluding hydrogens is 202 g/mol. The molecule has 1 rings (SSSR count). The Balaban J connectivity index is 3.02. The van der Waals surface area contributed by atoms with E-state index in [1.54, 1.807) is 13.8 Å². The van der Waals surface area contributed by atoms with Gasteiger partial charge in [-0.1, -0.05) is 18.9 Å². The molecule has 0 bridgehead atoms. The van der Waals surface area contributed by atoms with Gasteiger partial charge in [-0.2, -0.15) is 0 Å². The molecule has 0 saturated heterocycles. The average Bonchev–Trinajstić information content (AvgIpc) is 2.51. The van der Waals surface area contributed by atoms with Crippen LogP contribution < -0.4 is 0 Å². The number of carbonyl (C=O) groups is 1. The number of nitrogens with one attached hydrogen (secondary N) is 1. The Labute approximate surface area is 85.3 Å². The van der Waals surface area contributed by atoms with Gasteiger partial charge in [0.05, 0.1) is 6.07 Å². The standard InChI is InChI=1S/C8H11N3O4/c1-4(2)7(8(12)13)5-3-6(10-9-5)11(14)15/h3-4,7H,1-2H3,(H,9,10)(H,12,13). The van der Waals surface area contributed by atoms with Crippen LogP contribution in [0.15, 0.2) is 6.07 Å². The highest BCUT2D eigenvalue weighted by atomic mass is 16.6. The fourth-order valence-corrected chi connectivity index (χ4v) is 1.33. The van der Waals surface area contributed by atoms with Crippen molar-refractivity contribution in [3.05, 3.63) is 21.9 Å². The van der Waals surface area contributed by atoms with Crippen molar-refractivity contribution < 1.29 is 14.8 Å². The van der Waals surface area contributed by atoms with Gasteiger partial charge in [0, 0.05) is 0 Å². The number of aromatic nitrogens is 2. The highest BCUT2D eigenvalue weighted by molar-refractivity contribution is 5.75. The maximum Gasteiger partial charge on any atom is 0.342 e. The fourth-order valence-electron chi connectivity index (χ4n) is 1.33. The minimum Gasteiger partial charge on any atom is -0.481 e. The highest BCUT2D eigenvalue weighted by Crippen LogP contribution is 2.25. The summed E-state index contributed by atoms with van der Waals surface area (Å²) in [4.78, 5) is 20.6. The van der Waals surface area contributed by atoms with Gasteiger partial charge in [0.25, 0.3) is 0 Å². The summed E-state index contributed by atoms with van der Waals surface area (Å²) in [7, 11) is 0. The van der Waals surface area contributed by atoms with Crippen LogP contribution in [0.1, 0.15) is 25.5 Å². The molecule has 2 N–H and O–H groups in total. The molecule has 1 unspecified atom stereocenters. The summed E-state index contributed by atoms with van der Waals surface area (Å²) < 4.78 is 0. The number of aliphatic carboxylic acids is 1. The second kappa shape index (κ2) is 4.07. The zero-order valence-electron chi connectivity index (χ0n) is 8.30. The number of nitro groups is 1. The zero-order valence-corrected chi connectivity index (χ0v) is 8.30. The first-order valence-corrected chi connectivity index (χ1v) is 4.36. The number of carboxylic acid groups (broad SMARTS) is 1. The topological polar surface area (TPSA) is 109 Å². The fraction of sp³-hybridized carbons (Fsp3) is 0.500. The molecule has 82 valence electrons. The highest BCUT2D eigenvalue weighted by Gasteiger charge is 2.28. The number of hydrogen-bond donors (Lipinski definition) is 2. The third-order valence-corrected chi connectivity index (χ3v) is 2.03. The van der Waals surface area contributed by atoms with Gasteiger partial charge >= 0.3 is 11.8 Å². The summed E-state index contributed by atoms with van der Waals surface area (Å²) in [5.74, 6) is -2.33. The van der Waals surface area contributed by atoms with Crippen LogP contribution in [0.2, 0.25) is 0 Å². The maximum absolute atomic E-state index is 10.9. The molecule has 0 aromatic carbocycles. The van der Waals surface area contributed by atoms with Gasteiger partial charge in [-0.3, -0.25) is 4.79 Å². The predicted octanol–water partition coefficient (Wildman–Crippen LogP) is 1.14. The lowest BCUT2D eigenvalue weighted by Crippen LogP contribution is -2.17. The molecular formula is C8H11N3O4. The molecule has 7 heteroatoms. The number of hydrogen-bond acceptors (Lipinski definition) is 4. The second-order valence-electron chi connectivity index (χ2n) is 3.50. The van der Waals surface area contributed by atoms with Crippen molar-refractivity contribution in [2.75, 3.05) is 0 Å². The van der Waals surface area contributed by atoms with Crippen molar-refractivity contribution in [2.24, 2.45) is 5.92 Å². The van der Waals surface area contributed by atoms with E-state index < -0.39 is 16.8 Å². The summed E-state index contributed by atoms with van der Waals surface area (Å²) in [6.45, 7) is 3.44. The second-order valence-corrected chi connectivity index (χ2v) is 3.50. The van der Waals surface area contributed by atoms with Crippen molar-refractivity contribution in [1.29, 1.82) is 0 Å². The molecule has 1 atom stereocenters. The van der Waals surface area contributed by atoms with E-state index in [1.807, 2.05) is 0 Å². The lowest BCUT2D eigenvalue weighted by Gasteiger charge is -2.11. The van der Waals surface area contributed by atoms with Gasteiger partial charge in [-0.05, 0) is 10.8 Å². The Bertz CT molecular complexity index is 385. The molecule has 1 aromatic heterocycles. The van der Waals surface area contributed by atoms with Crippen LogP contribution in [0, 0.1) is 16.0 Å². The van der Waals surface area contributed by atoms with E-state index in [-0.39, 0.29) is 17.4 Å². The molecule has 0 radical (unpaired) electrons. The van der Waals surface area contributed by atoms with E-state index in [1.165, 1.54) is 0 Å². The number of nitrogens with zero attached hydrogens (tertiary/aromatic N) is 2. The van der Waals surface area contributed by atoms with Gasteiger partial charge in [-0.25, -0.2) is 0 Å². The Morgan fingerprint density at radius 3 is 2.60 bits per heavy atom. The van der Waals surface area contributed by atoms with Crippen LogP contribution >= 0.6 is 0 Å². The van der Waals surface area contributed by atoms with E-state index >= 15 is 0 Å². The van der Waals surface area contributed by atoms with Crippen molar-refractivity contribution in [1.82, 2.24) is 10.2 Å². The average molecular weight is 213 g/mol. The van der Waals surface area contributed by atoms with Crippen LogP contribution in [0.25, 0.3) is 0 Å². The van der Waals surface area contributed by atoms with Crippen LogP contribution in [0.4, 0.5) is 5.82 Å². The van der Waals surface area contributed by atoms with Gasteiger partial charge in [-0.15, -0.1) is 5.10 Å². The quantitative estimate of drug-likeness (QED) is 0.575. The number of carboxylic acids is 1. The first-order chi connectivity index (χ1) is 6.93. The molecule has 7 nitrogen and oxygen atoms in total. The molecule has 1 heterocycles. The summed E-state index contributed by atoms with van der Waals surface area (Å²) in [6, 6.07) is 1.15. The normalized spacial score (nSPS) is 12.7. The molecule has 0 aliphatic rings. The molecule has 0 aliphatic carbocycles. The van der Waals surface area contributed by atoms with Gasteiger partial charge in [0.15, 0.2) is 0 Å². The van der Waals surface area contributed by atoms with E-state index in [0.29, 0.717) is 0 Å². The first kappa shape index (κ1) is 11.2. The van der Waals surface area contributed by atoms with Crippen molar-refractivity contribution in [3.63, 3.8) is 0 Å². The molecule has 0 aliphatic heterocycles. The number of H-pyrrole nitrogens is 1. The van der Waals surface area contributed by atoms with E-state index in [0.717, 1.165) is 6.07 Å². The molecule has 15 heavy (non-hydrogen) atoms. The number of aromatic amines is 1. The third-order valence-electron chi connectivity index (χ3n) is 2.03. The SMILES string of the molecule is CC(C)C(C(=O)O)c1cc([N+](=O)[O-])[nH]n1. The van der Waals surface area contributed by atoms with E-state index in [2.05, 4.69) is 10.2 Å². The summed E-state index contributed by atoms with van der Waals surface area (Å²) in [6.07, 6.45) is 0. The summed E-state index contributed by atoms with van der Waals surface area (Å²) >= 11 is 0. The van der Waals surface area contributed by atoms with Crippen LogP contribution in [-0.4, -0.2) is 26.2 Å². The van der Waals surface area contributed by atoms with Crippen molar-refractivity contribution in [3.8, 4) is 0 Å². The maximum atomic E-state index is 10.9. The first-order valence-electron chi connectivity index (χ1n) is 4.36. The van der Waals surface area contributed by atoms with E-state index in [9.17, 15) is 14.9 Å². The lowest BCUT2D eigenvalue weighted by atomic mass is 9.93. The minimum atomic E-state index is -1.04. The Kier molecular flexibility index (Phi) is 3.03. The largest absolute Gasteiger partial charge is 0.481 e. The number of rotatable bonds is 4. The summed E-state index contributed by atoms with van der Waals surface area (Å²) in [5.41, 5.74) is 0.184. The summed E-state index contributed by atoms with van der Waals surface area (Å²) in [5, 5.41) is 25.1. The molecule has 1 aromatic rings. The van der Waals surface area contributed by atoms with Crippen LogP contribution in [-0.2, 0) is 4.79 Å². The molecule has 0 saturated carbocycles. The van der Waals surface area contributed by atoms with Crippen molar-refractivity contribution >= 4 is 11.8 Å². The third kappa shape index (κ3) is 2.30.